The van der Waals surface area contributed by atoms with Gasteiger partial charge in [-0.25, -0.2) is 8.42 Å². The van der Waals surface area contributed by atoms with Crippen LogP contribution in [0.5, 0.6) is 0 Å². The molecule has 1 aromatic heterocycles. The summed E-state index contributed by atoms with van der Waals surface area (Å²) in [7, 11) is -2.77. The summed E-state index contributed by atoms with van der Waals surface area (Å²) >= 11 is 7.52. The first-order valence-electron chi connectivity index (χ1n) is 6.19. The highest BCUT2D eigenvalue weighted by atomic mass is 35.5. The van der Waals surface area contributed by atoms with E-state index in [2.05, 4.69) is 12.2 Å². The van der Waals surface area contributed by atoms with Crippen molar-refractivity contribution in [2.75, 3.05) is 18.1 Å². The zero-order valence-electron chi connectivity index (χ0n) is 10.4. The Kier molecular flexibility index (Phi) is 4.69. The average molecular weight is 308 g/mol. The van der Waals surface area contributed by atoms with Crippen LogP contribution in [0, 0.1) is 5.92 Å². The third kappa shape index (κ3) is 3.70. The van der Waals surface area contributed by atoms with Crippen molar-refractivity contribution in [2.45, 2.75) is 25.8 Å². The highest BCUT2D eigenvalue weighted by molar-refractivity contribution is 7.91. The highest BCUT2D eigenvalue weighted by Crippen LogP contribution is 2.29. The predicted octanol–water partition coefficient (Wildman–Crippen LogP) is 2.88. The minimum absolute atomic E-state index is 0.263. The molecule has 0 bridgehead atoms. The quantitative estimate of drug-likeness (QED) is 0.910. The summed E-state index contributed by atoms with van der Waals surface area (Å²) in [6.07, 6.45) is 1.77. The van der Waals surface area contributed by atoms with Crippen LogP contribution in [-0.4, -0.2) is 26.5 Å². The van der Waals surface area contributed by atoms with Crippen molar-refractivity contribution in [3.05, 3.63) is 21.3 Å². The number of halogens is 1. The van der Waals surface area contributed by atoms with E-state index in [1.807, 2.05) is 12.1 Å². The van der Waals surface area contributed by atoms with Gasteiger partial charge in [0.05, 0.1) is 15.8 Å². The second kappa shape index (κ2) is 5.90. The molecule has 2 atom stereocenters. The summed E-state index contributed by atoms with van der Waals surface area (Å²) in [5.74, 6) is 0.947. The number of sulfone groups is 1. The Morgan fingerprint density at radius 3 is 2.83 bits per heavy atom. The molecule has 6 heteroatoms. The first kappa shape index (κ1) is 14.3. The van der Waals surface area contributed by atoms with Crippen LogP contribution in [0.15, 0.2) is 12.1 Å². The van der Waals surface area contributed by atoms with Crippen LogP contribution in [0.4, 0.5) is 0 Å². The lowest BCUT2D eigenvalue weighted by molar-refractivity contribution is 0.454. The molecule has 18 heavy (non-hydrogen) atoms. The number of hydrogen-bond acceptors (Lipinski definition) is 4. The molecule has 0 saturated carbocycles. The fraction of sp³-hybridized carbons (Fsp3) is 0.667. The molecule has 0 aromatic carbocycles. The van der Waals surface area contributed by atoms with E-state index in [1.54, 1.807) is 11.3 Å². The van der Waals surface area contributed by atoms with E-state index < -0.39 is 9.84 Å². The van der Waals surface area contributed by atoms with Crippen molar-refractivity contribution in [2.24, 2.45) is 5.92 Å². The number of thiophene rings is 1. The molecule has 102 valence electrons. The molecule has 3 nitrogen and oxygen atoms in total. The molecule has 1 N–H and O–H groups in total. The van der Waals surface area contributed by atoms with Crippen LogP contribution >= 0.6 is 22.9 Å². The Bertz CT molecular complexity index is 498. The zero-order valence-corrected chi connectivity index (χ0v) is 12.7. The molecule has 0 amide bonds. The Morgan fingerprint density at radius 1 is 1.56 bits per heavy atom. The van der Waals surface area contributed by atoms with Gasteiger partial charge in [-0.1, -0.05) is 18.5 Å². The molecular formula is C12H18ClNO2S2. The summed E-state index contributed by atoms with van der Waals surface area (Å²) < 4.78 is 23.6. The molecule has 0 radical (unpaired) electrons. The van der Waals surface area contributed by atoms with E-state index in [9.17, 15) is 8.42 Å². The SMILES string of the molecule is CC[C@@H](NC[C@H]1CCS(=O)(=O)C1)c1ccc(Cl)s1. The van der Waals surface area contributed by atoms with Gasteiger partial charge in [0.2, 0.25) is 0 Å². The normalized spacial score (nSPS) is 24.2. The smallest absolute Gasteiger partial charge is 0.150 e. The van der Waals surface area contributed by atoms with Crippen molar-refractivity contribution in [3.8, 4) is 0 Å². The molecule has 1 fully saturated rings. The maximum absolute atomic E-state index is 11.4. The third-order valence-electron chi connectivity index (χ3n) is 3.33. The summed E-state index contributed by atoms with van der Waals surface area (Å²) in [5, 5.41) is 3.47. The molecular weight excluding hydrogens is 290 g/mol. The molecule has 2 heterocycles. The topological polar surface area (TPSA) is 46.2 Å². The second-order valence-corrected chi connectivity index (χ2v) is 8.76. The van der Waals surface area contributed by atoms with Crippen LogP contribution in [0.1, 0.15) is 30.7 Å². The zero-order chi connectivity index (χ0) is 13.2. The van der Waals surface area contributed by atoms with Crippen molar-refractivity contribution in [1.82, 2.24) is 5.32 Å². The van der Waals surface area contributed by atoms with Gasteiger partial charge in [-0.3, -0.25) is 0 Å². The van der Waals surface area contributed by atoms with Crippen LogP contribution in [0.25, 0.3) is 0 Å². The summed E-state index contributed by atoms with van der Waals surface area (Å²) in [6, 6.07) is 4.23. The second-order valence-electron chi connectivity index (χ2n) is 4.78. The monoisotopic (exact) mass is 307 g/mol. The van der Waals surface area contributed by atoms with Gasteiger partial charge in [-0.05, 0) is 37.4 Å². The van der Waals surface area contributed by atoms with E-state index in [-0.39, 0.29) is 12.0 Å². The minimum Gasteiger partial charge on any atom is -0.309 e. The van der Waals surface area contributed by atoms with E-state index in [0.717, 1.165) is 23.7 Å². The molecule has 1 aliphatic rings. The van der Waals surface area contributed by atoms with E-state index in [1.165, 1.54) is 4.88 Å². The van der Waals surface area contributed by atoms with Crippen LogP contribution < -0.4 is 5.32 Å². The minimum atomic E-state index is -2.77. The van der Waals surface area contributed by atoms with E-state index in [0.29, 0.717) is 11.5 Å². The Balaban J connectivity index is 1.88. The fourth-order valence-corrected chi connectivity index (χ4v) is 5.39. The van der Waals surface area contributed by atoms with Gasteiger partial charge in [0.1, 0.15) is 0 Å². The molecule has 0 unspecified atom stereocenters. The number of hydrogen-bond donors (Lipinski definition) is 1. The fourth-order valence-electron chi connectivity index (χ4n) is 2.30. The third-order valence-corrected chi connectivity index (χ3v) is 6.51. The number of rotatable bonds is 5. The Morgan fingerprint density at radius 2 is 2.33 bits per heavy atom. The van der Waals surface area contributed by atoms with E-state index in [4.69, 9.17) is 11.6 Å². The van der Waals surface area contributed by atoms with Gasteiger partial charge in [0, 0.05) is 10.9 Å². The standard InChI is InChI=1S/C12H18ClNO2S2/c1-2-10(11-3-4-12(13)17-11)14-7-9-5-6-18(15,16)8-9/h3-4,9-10,14H,2,5-8H2,1H3/t9-,10-/m1/s1. The molecule has 2 rings (SSSR count). The van der Waals surface area contributed by atoms with Gasteiger partial charge in [0.15, 0.2) is 9.84 Å². The van der Waals surface area contributed by atoms with Gasteiger partial charge in [-0.2, -0.15) is 0 Å². The lowest BCUT2D eigenvalue weighted by Crippen LogP contribution is -2.27. The maximum atomic E-state index is 11.4. The summed E-state index contributed by atoms with van der Waals surface area (Å²) in [4.78, 5) is 1.23. The van der Waals surface area contributed by atoms with Gasteiger partial charge in [0.25, 0.3) is 0 Å². The summed E-state index contributed by atoms with van der Waals surface area (Å²) in [6.45, 7) is 2.89. The highest BCUT2D eigenvalue weighted by Gasteiger charge is 2.28. The predicted molar refractivity (Wildman–Crippen MR) is 77.1 cm³/mol. The Hall–Kier alpha value is -0.100. The first-order chi connectivity index (χ1) is 8.50. The first-order valence-corrected chi connectivity index (χ1v) is 9.21. The molecule has 1 aliphatic heterocycles. The van der Waals surface area contributed by atoms with Crippen molar-refractivity contribution >= 4 is 32.8 Å². The molecule has 0 aliphatic carbocycles. The van der Waals surface area contributed by atoms with Crippen LogP contribution in [0.3, 0.4) is 0 Å². The Labute approximate surface area is 117 Å². The lowest BCUT2D eigenvalue weighted by atomic mass is 10.1. The summed E-state index contributed by atoms with van der Waals surface area (Å²) in [5.41, 5.74) is 0. The van der Waals surface area contributed by atoms with Crippen molar-refractivity contribution in [1.29, 1.82) is 0 Å². The lowest BCUT2D eigenvalue weighted by Gasteiger charge is -2.17. The molecule has 0 spiro atoms. The maximum Gasteiger partial charge on any atom is 0.150 e. The molecule has 1 aromatic rings. The van der Waals surface area contributed by atoms with Gasteiger partial charge < -0.3 is 5.32 Å². The van der Waals surface area contributed by atoms with Crippen molar-refractivity contribution in [3.63, 3.8) is 0 Å². The van der Waals surface area contributed by atoms with Gasteiger partial charge in [-0.15, -0.1) is 11.3 Å². The average Bonchev–Trinajstić information content (AvgIpc) is 2.86. The largest absolute Gasteiger partial charge is 0.309 e. The van der Waals surface area contributed by atoms with Crippen molar-refractivity contribution < 1.29 is 8.42 Å². The van der Waals surface area contributed by atoms with Gasteiger partial charge >= 0.3 is 0 Å². The van der Waals surface area contributed by atoms with E-state index >= 15 is 0 Å². The van der Waals surface area contributed by atoms with Crippen LogP contribution in [-0.2, 0) is 9.84 Å². The molecule has 1 saturated heterocycles. The van der Waals surface area contributed by atoms with Crippen LogP contribution in [0.2, 0.25) is 4.34 Å². The number of nitrogens with one attached hydrogen (secondary N) is 1.